The van der Waals surface area contributed by atoms with Crippen molar-refractivity contribution >= 4 is 18.0 Å². The maximum absolute atomic E-state index is 13.3. The first-order valence-electron chi connectivity index (χ1n) is 18.9. The molecule has 2 saturated heterocycles. The number of allylic oxidation sites excluding steroid dienone is 3. The Morgan fingerprint density at radius 2 is 1.69 bits per heavy atom. The maximum Gasteiger partial charge on any atom is 0.308 e. The average Bonchev–Trinajstić information content (AvgIpc) is 3.07. The number of nitrogens with zero attached hydrogens (tertiary/aromatic N) is 1. The number of aldehydes is 1. The van der Waals surface area contributed by atoms with E-state index in [1.54, 1.807) is 65.8 Å². The Morgan fingerprint density at radius 1 is 1.02 bits per heavy atom. The van der Waals surface area contributed by atoms with Crippen LogP contribution < -0.4 is 0 Å². The highest BCUT2D eigenvalue weighted by Crippen LogP contribution is 2.38. The standard InChI is InChI=1S/C39H65NO12/c1-11-31-28(20-42)16-21(2)12-13-29(43)22(3)17-27(14-15-41)36(23(4)30(44)18-32(45)50-31)52-38-35(46)34(40(9)10)37(26(7)49-38)51-33-19-39(8,47)24(5)25(6)48-33/h12-13,15-16,22-28,30-31,33-38,42,44,46-47H,11,14,17-20H2,1-10H3/b13-12+,21-16+/t22-,23+,24?,25?,26?,27+,28-,30-,31-,33+,34?,35?,36-,37?,38+,39?/m1/s1. The van der Waals surface area contributed by atoms with Crippen molar-refractivity contribution in [1.82, 2.24) is 4.90 Å². The van der Waals surface area contributed by atoms with Crippen molar-refractivity contribution in [3.8, 4) is 0 Å². The SMILES string of the molecule is CC[C@H]1OC(=O)C[C@@H](O)[C@H](C)[C@@H](O[C@@H]2OC(C)C(O[C@H]3CC(C)(O)C(C)C(C)O3)C(N(C)C)C2O)[C@@H](CC=O)C[C@@H](C)C(=O)/C=C/C(C)=C/[C@@H]1CO. The topological polar surface area (TPSA) is 182 Å². The summed E-state index contributed by atoms with van der Waals surface area (Å²) in [6.07, 6.45) is -1.69. The van der Waals surface area contributed by atoms with Crippen molar-refractivity contribution in [3.05, 3.63) is 23.8 Å². The van der Waals surface area contributed by atoms with E-state index in [0.717, 1.165) is 6.29 Å². The number of ketones is 1. The van der Waals surface area contributed by atoms with Crippen LogP contribution in [0.3, 0.4) is 0 Å². The lowest BCUT2D eigenvalue weighted by Crippen LogP contribution is -2.65. The van der Waals surface area contributed by atoms with Gasteiger partial charge in [0.15, 0.2) is 18.4 Å². The molecule has 298 valence electrons. The predicted octanol–water partition coefficient (Wildman–Crippen LogP) is 2.95. The number of aliphatic hydroxyl groups is 4. The van der Waals surface area contributed by atoms with E-state index in [4.69, 9.17) is 23.7 Å². The van der Waals surface area contributed by atoms with Gasteiger partial charge in [0.05, 0.1) is 49.1 Å². The summed E-state index contributed by atoms with van der Waals surface area (Å²) in [5, 5.41) is 44.5. The van der Waals surface area contributed by atoms with E-state index in [1.807, 2.05) is 20.8 Å². The number of rotatable bonds is 9. The highest BCUT2D eigenvalue weighted by atomic mass is 16.7. The molecule has 16 atom stereocenters. The third-order valence-corrected chi connectivity index (χ3v) is 11.5. The Hall–Kier alpha value is -2.07. The van der Waals surface area contributed by atoms with E-state index in [0.29, 0.717) is 12.0 Å². The first-order valence-corrected chi connectivity index (χ1v) is 18.9. The second kappa shape index (κ2) is 19.5. The molecule has 0 radical (unpaired) electrons. The van der Waals surface area contributed by atoms with Crippen LogP contribution in [0.5, 0.6) is 0 Å². The van der Waals surface area contributed by atoms with Gasteiger partial charge in [0.2, 0.25) is 0 Å². The minimum atomic E-state index is -1.28. The van der Waals surface area contributed by atoms with Crippen LogP contribution >= 0.6 is 0 Å². The van der Waals surface area contributed by atoms with Gasteiger partial charge in [0.1, 0.15) is 24.6 Å². The summed E-state index contributed by atoms with van der Waals surface area (Å²) in [6.45, 7) is 14.2. The second-order valence-electron chi connectivity index (χ2n) is 15.8. The number of aliphatic hydroxyl groups excluding tert-OH is 3. The zero-order chi connectivity index (χ0) is 39.1. The normalized spacial score (nSPS) is 44.8. The maximum atomic E-state index is 13.3. The third kappa shape index (κ3) is 11.2. The highest BCUT2D eigenvalue weighted by Gasteiger charge is 2.51. The molecule has 13 heteroatoms. The lowest BCUT2D eigenvalue weighted by atomic mass is 9.79. The number of hydrogen-bond donors (Lipinski definition) is 4. The fraction of sp³-hybridized carbons (Fsp3) is 0.821. The molecule has 0 aliphatic carbocycles. The fourth-order valence-corrected chi connectivity index (χ4v) is 7.79. The summed E-state index contributed by atoms with van der Waals surface area (Å²) in [5.41, 5.74) is -0.317. The zero-order valence-electron chi connectivity index (χ0n) is 32.7. The number of hydrogen-bond acceptors (Lipinski definition) is 13. The molecule has 0 aromatic heterocycles. The molecular formula is C39H65NO12. The minimum absolute atomic E-state index is 0.0146. The summed E-state index contributed by atoms with van der Waals surface area (Å²) in [5.74, 6) is -3.39. The molecular weight excluding hydrogens is 674 g/mol. The van der Waals surface area contributed by atoms with Gasteiger partial charge in [-0.25, -0.2) is 0 Å². The summed E-state index contributed by atoms with van der Waals surface area (Å²) >= 11 is 0. The molecule has 2 fully saturated rings. The van der Waals surface area contributed by atoms with E-state index in [-0.39, 0.29) is 50.1 Å². The van der Waals surface area contributed by atoms with Crippen LogP contribution in [0.1, 0.15) is 87.5 Å². The molecule has 3 heterocycles. The number of likely N-dealkylation sites (N-methyl/N-ethyl adjacent to an activating group) is 1. The Morgan fingerprint density at radius 3 is 2.27 bits per heavy atom. The zero-order valence-corrected chi connectivity index (χ0v) is 32.7. The first-order chi connectivity index (χ1) is 24.3. The van der Waals surface area contributed by atoms with Crippen molar-refractivity contribution in [2.45, 2.75) is 154 Å². The number of esters is 1. The van der Waals surface area contributed by atoms with E-state index >= 15 is 0 Å². The molecule has 0 amide bonds. The molecule has 3 aliphatic rings. The number of carbonyl (C=O) groups is 3. The van der Waals surface area contributed by atoms with Crippen LogP contribution in [0.2, 0.25) is 0 Å². The van der Waals surface area contributed by atoms with Gasteiger partial charge >= 0.3 is 5.97 Å². The van der Waals surface area contributed by atoms with Crippen molar-refractivity contribution in [3.63, 3.8) is 0 Å². The minimum Gasteiger partial charge on any atom is -0.462 e. The number of carbonyl (C=O) groups excluding carboxylic acids is 3. The van der Waals surface area contributed by atoms with Gasteiger partial charge in [0.25, 0.3) is 0 Å². The van der Waals surface area contributed by atoms with Crippen LogP contribution in [-0.2, 0) is 38.1 Å². The molecule has 3 rings (SSSR count). The van der Waals surface area contributed by atoms with Gasteiger partial charge in [-0.3, -0.25) is 9.59 Å². The van der Waals surface area contributed by atoms with Gasteiger partial charge in [-0.05, 0) is 66.6 Å². The molecule has 13 nitrogen and oxygen atoms in total. The van der Waals surface area contributed by atoms with E-state index < -0.39 is 90.5 Å². The van der Waals surface area contributed by atoms with Gasteiger partial charge in [-0.2, -0.15) is 0 Å². The summed E-state index contributed by atoms with van der Waals surface area (Å²) in [4.78, 5) is 40.4. The highest BCUT2D eigenvalue weighted by molar-refractivity contribution is 5.91. The number of cyclic esters (lactones) is 1. The molecule has 0 spiro atoms. The Balaban J connectivity index is 1.96. The van der Waals surface area contributed by atoms with Crippen LogP contribution in [0.15, 0.2) is 23.8 Å². The van der Waals surface area contributed by atoms with Crippen molar-refractivity contribution in [2.75, 3.05) is 20.7 Å². The summed E-state index contributed by atoms with van der Waals surface area (Å²) in [7, 11) is 3.59. The largest absolute Gasteiger partial charge is 0.462 e. The van der Waals surface area contributed by atoms with E-state index in [2.05, 4.69) is 0 Å². The first kappa shape index (κ1) is 44.3. The third-order valence-electron chi connectivity index (χ3n) is 11.5. The fourth-order valence-electron chi connectivity index (χ4n) is 7.79. The van der Waals surface area contributed by atoms with Crippen LogP contribution in [0.25, 0.3) is 0 Å². The van der Waals surface area contributed by atoms with Gasteiger partial charge < -0.3 is 53.8 Å². The van der Waals surface area contributed by atoms with Crippen LogP contribution in [0, 0.1) is 29.6 Å². The van der Waals surface area contributed by atoms with E-state index in [1.165, 1.54) is 6.08 Å². The molecule has 0 aromatic carbocycles. The summed E-state index contributed by atoms with van der Waals surface area (Å²) in [6, 6.07) is -0.657. The predicted molar refractivity (Wildman–Crippen MR) is 193 cm³/mol. The Bertz CT molecular complexity index is 1240. The molecule has 3 aliphatic heterocycles. The smallest absolute Gasteiger partial charge is 0.308 e. The molecule has 7 unspecified atom stereocenters. The Kier molecular flexibility index (Phi) is 16.6. The van der Waals surface area contributed by atoms with Crippen LogP contribution in [-0.4, -0.2) is 131 Å². The molecule has 4 N–H and O–H groups in total. The van der Waals surface area contributed by atoms with Crippen molar-refractivity contribution in [2.24, 2.45) is 29.6 Å². The number of ether oxygens (including phenoxy) is 5. The quantitative estimate of drug-likeness (QED) is 0.200. The monoisotopic (exact) mass is 739 g/mol. The lowest BCUT2D eigenvalue weighted by Gasteiger charge is -2.50. The Labute approximate surface area is 309 Å². The van der Waals surface area contributed by atoms with Gasteiger partial charge in [0, 0.05) is 36.5 Å². The molecule has 0 bridgehead atoms. The molecule has 0 aromatic rings. The lowest BCUT2D eigenvalue weighted by molar-refractivity contribution is -0.338. The van der Waals surface area contributed by atoms with Crippen LogP contribution in [0.4, 0.5) is 0 Å². The van der Waals surface area contributed by atoms with Crippen molar-refractivity contribution < 1.29 is 58.5 Å². The van der Waals surface area contributed by atoms with E-state index in [9.17, 15) is 34.8 Å². The summed E-state index contributed by atoms with van der Waals surface area (Å²) < 4.78 is 31.2. The second-order valence-corrected chi connectivity index (χ2v) is 15.8. The van der Waals surface area contributed by atoms with Gasteiger partial charge in [-0.1, -0.05) is 45.4 Å². The molecule has 0 saturated carbocycles. The van der Waals surface area contributed by atoms with Gasteiger partial charge in [-0.15, -0.1) is 0 Å². The average molecular weight is 740 g/mol. The molecule has 52 heavy (non-hydrogen) atoms. The van der Waals surface area contributed by atoms with Crippen molar-refractivity contribution in [1.29, 1.82) is 0 Å².